The summed E-state index contributed by atoms with van der Waals surface area (Å²) in [6.45, 7) is 3.46. The molecule has 0 saturated carbocycles. The number of hydrogen-bond donors (Lipinski definition) is 4. The van der Waals surface area contributed by atoms with Crippen LogP contribution >= 0.6 is 0 Å². The predicted octanol–water partition coefficient (Wildman–Crippen LogP) is 3.89. The van der Waals surface area contributed by atoms with Crippen molar-refractivity contribution in [3.63, 3.8) is 0 Å². The Hall–Kier alpha value is -1.71. The summed E-state index contributed by atoms with van der Waals surface area (Å²) in [6.07, 6.45) is 19.5. The molecule has 1 amide bonds. The minimum Gasteiger partial charge on any atom is -0.377 e. The lowest BCUT2D eigenvalue weighted by atomic mass is 10.0. The van der Waals surface area contributed by atoms with Gasteiger partial charge in [0.05, 0.1) is 19.8 Å². The average Bonchev–Trinajstić information content (AvgIpc) is 3.34. The maximum Gasteiger partial charge on any atom is 0.220 e. The topological polar surface area (TPSA) is 113 Å². The van der Waals surface area contributed by atoms with E-state index < -0.39 is 0 Å². The number of nitrogens with zero attached hydrogens (tertiary/aromatic N) is 1. The highest BCUT2D eigenvalue weighted by molar-refractivity contribution is 5.82. The largest absolute Gasteiger partial charge is 0.377 e. The number of hydrazine groups is 2. The van der Waals surface area contributed by atoms with Crippen LogP contribution in [0.25, 0.3) is 0 Å². The zero-order valence-corrected chi connectivity index (χ0v) is 21.4. The zero-order chi connectivity index (χ0) is 24.5. The zero-order valence-electron chi connectivity index (χ0n) is 21.4. The number of rotatable bonds is 25. The lowest BCUT2D eigenvalue weighted by Crippen LogP contribution is -2.34. The summed E-state index contributed by atoms with van der Waals surface area (Å²) >= 11 is 0. The normalized spacial score (nSPS) is 12.8. The number of carbonyl (C=O) groups is 2. The van der Waals surface area contributed by atoms with E-state index in [1.165, 1.54) is 84.0 Å². The van der Waals surface area contributed by atoms with E-state index in [4.69, 9.17) is 9.47 Å². The molecule has 0 aromatic heterocycles. The first kappa shape index (κ1) is 30.3. The number of unbranched alkanes of at least 4 members (excludes halogenated alkanes) is 13. The predicted molar refractivity (Wildman–Crippen MR) is 136 cm³/mol. The minimum absolute atomic E-state index is 0.0106. The van der Waals surface area contributed by atoms with Crippen molar-refractivity contribution in [2.45, 2.75) is 110 Å². The summed E-state index contributed by atoms with van der Waals surface area (Å²) in [5.41, 5.74) is 8.44. The molecule has 1 aliphatic heterocycles. The average molecular weight is 484 g/mol. The monoisotopic (exact) mass is 483 g/mol. The molecule has 0 aliphatic carbocycles. The molecule has 0 aromatic rings. The summed E-state index contributed by atoms with van der Waals surface area (Å²) in [5.74, 6) is 1.12. The van der Waals surface area contributed by atoms with Gasteiger partial charge in [0.1, 0.15) is 12.4 Å². The van der Waals surface area contributed by atoms with Gasteiger partial charge in [-0.3, -0.25) is 15.0 Å². The molecule has 0 aromatic carbocycles. The second-order valence-corrected chi connectivity index (χ2v) is 9.09. The van der Waals surface area contributed by atoms with Crippen molar-refractivity contribution < 1.29 is 19.1 Å². The number of carbonyl (C=O) groups excluding carboxylic acids is 2. The van der Waals surface area contributed by atoms with Crippen LogP contribution in [0, 0.1) is 0 Å². The fourth-order valence-corrected chi connectivity index (χ4v) is 3.83. The molecule has 9 heteroatoms. The number of amidine groups is 1. The summed E-state index contributed by atoms with van der Waals surface area (Å²) in [5, 5.41) is 6.97. The van der Waals surface area contributed by atoms with Gasteiger partial charge in [-0.2, -0.15) is 0 Å². The summed E-state index contributed by atoms with van der Waals surface area (Å²) in [7, 11) is 0. The van der Waals surface area contributed by atoms with Crippen LogP contribution in [0.3, 0.4) is 0 Å². The Labute approximate surface area is 206 Å². The Balaban J connectivity index is 1.68. The Kier molecular flexibility index (Phi) is 20.6. The van der Waals surface area contributed by atoms with E-state index in [1.54, 1.807) is 0 Å². The minimum atomic E-state index is 0.0106. The van der Waals surface area contributed by atoms with Crippen LogP contribution in [-0.2, 0) is 19.1 Å². The van der Waals surface area contributed by atoms with E-state index in [1.807, 2.05) is 0 Å². The fraction of sp³-hybridized carbons (Fsp3) is 0.880. The van der Waals surface area contributed by atoms with E-state index in [2.05, 4.69) is 26.9 Å². The molecule has 4 N–H and O–H groups in total. The third-order valence-electron chi connectivity index (χ3n) is 5.77. The van der Waals surface area contributed by atoms with E-state index in [-0.39, 0.29) is 18.3 Å². The summed E-state index contributed by atoms with van der Waals surface area (Å²) in [4.78, 5) is 22.5. The molecule has 0 unspecified atom stereocenters. The highest BCUT2D eigenvalue weighted by atomic mass is 16.5. The molecule has 198 valence electrons. The lowest BCUT2D eigenvalue weighted by Gasteiger charge is -2.07. The van der Waals surface area contributed by atoms with Gasteiger partial charge in [-0.25, -0.2) is 5.53 Å². The van der Waals surface area contributed by atoms with Crippen LogP contribution in [-0.4, -0.2) is 50.5 Å². The van der Waals surface area contributed by atoms with Gasteiger partial charge in [-0.1, -0.05) is 77.0 Å². The highest BCUT2D eigenvalue weighted by Crippen LogP contribution is 2.13. The molecule has 1 aliphatic rings. The van der Waals surface area contributed by atoms with Gasteiger partial charge < -0.3 is 14.8 Å². The summed E-state index contributed by atoms with van der Waals surface area (Å²) < 4.78 is 10.5. The van der Waals surface area contributed by atoms with Gasteiger partial charge in [-0.05, 0) is 19.8 Å². The standard InChI is InChI=1S/C25H49N5O4/c1-23(31)22-34-21-20-33-19-18-26-25(32)17-15-13-11-9-7-5-3-2-4-6-8-10-12-14-16-24-27-29-30-28-24/h29-30H,2-22H2,1H3,(H,26,32)(H,27,28). The Morgan fingerprint density at radius 3 is 1.88 bits per heavy atom. The first-order valence-corrected chi connectivity index (χ1v) is 13.4. The third-order valence-corrected chi connectivity index (χ3v) is 5.77. The number of Topliss-reactive ketones (excluding diaryl/α,β-unsaturated/α-hetero) is 1. The quantitative estimate of drug-likeness (QED) is 0.146. The van der Waals surface area contributed by atoms with E-state index in [0.717, 1.165) is 25.1 Å². The van der Waals surface area contributed by atoms with E-state index in [0.29, 0.717) is 32.8 Å². The summed E-state index contributed by atoms with van der Waals surface area (Å²) in [6, 6.07) is 0. The molecule has 34 heavy (non-hydrogen) atoms. The highest BCUT2D eigenvalue weighted by Gasteiger charge is 2.03. The first-order chi connectivity index (χ1) is 16.7. The second kappa shape index (κ2) is 23.1. The van der Waals surface area contributed by atoms with Crippen molar-refractivity contribution in [3.8, 4) is 0 Å². The molecule has 1 heterocycles. The van der Waals surface area contributed by atoms with Gasteiger partial charge in [0, 0.05) is 19.4 Å². The van der Waals surface area contributed by atoms with Crippen LogP contribution in [0.15, 0.2) is 5.10 Å². The molecule has 0 spiro atoms. The first-order valence-electron chi connectivity index (χ1n) is 13.4. The molecular weight excluding hydrogens is 434 g/mol. The number of ketones is 1. The van der Waals surface area contributed by atoms with E-state index in [9.17, 15) is 9.59 Å². The van der Waals surface area contributed by atoms with Crippen LogP contribution < -0.4 is 21.8 Å². The maximum absolute atomic E-state index is 11.8. The molecule has 9 nitrogen and oxygen atoms in total. The molecule has 0 radical (unpaired) electrons. The van der Waals surface area contributed by atoms with Crippen molar-refractivity contribution in [2.24, 2.45) is 5.10 Å². The van der Waals surface area contributed by atoms with Crippen molar-refractivity contribution in [3.05, 3.63) is 0 Å². The number of hydrazone groups is 1. The van der Waals surface area contributed by atoms with E-state index >= 15 is 0 Å². The Bertz CT molecular complexity index is 545. The van der Waals surface area contributed by atoms with Crippen molar-refractivity contribution in [1.29, 1.82) is 0 Å². The number of ether oxygens (including phenoxy) is 2. The fourth-order valence-electron chi connectivity index (χ4n) is 3.83. The SMILES string of the molecule is CC(=O)COCCOCCNC(=O)CCCCCCCCCCCCCCCCC1=NNNN1. The molecule has 0 saturated heterocycles. The Morgan fingerprint density at radius 1 is 0.765 bits per heavy atom. The molecule has 0 bridgehead atoms. The van der Waals surface area contributed by atoms with Crippen LogP contribution in [0.1, 0.15) is 110 Å². The van der Waals surface area contributed by atoms with Crippen molar-refractivity contribution >= 4 is 17.5 Å². The number of nitrogens with one attached hydrogen (secondary N) is 4. The third kappa shape index (κ3) is 20.9. The van der Waals surface area contributed by atoms with Crippen molar-refractivity contribution in [2.75, 3.05) is 33.0 Å². The van der Waals surface area contributed by atoms with Gasteiger partial charge in [0.25, 0.3) is 0 Å². The molecular formula is C25H49N5O4. The van der Waals surface area contributed by atoms with Crippen LogP contribution in [0.2, 0.25) is 0 Å². The van der Waals surface area contributed by atoms with Crippen LogP contribution in [0.4, 0.5) is 0 Å². The second-order valence-electron chi connectivity index (χ2n) is 9.09. The van der Waals surface area contributed by atoms with Crippen LogP contribution in [0.5, 0.6) is 0 Å². The molecule has 1 rings (SSSR count). The number of hydrogen-bond acceptors (Lipinski definition) is 8. The molecule has 0 atom stereocenters. The van der Waals surface area contributed by atoms with Crippen molar-refractivity contribution in [1.82, 2.24) is 21.8 Å². The smallest absolute Gasteiger partial charge is 0.220 e. The van der Waals surface area contributed by atoms with Gasteiger partial charge in [-0.15, -0.1) is 10.6 Å². The lowest BCUT2D eigenvalue weighted by molar-refractivity contribution is -0.123. The van der Waals surface area contributed by atoms with Gasteiger partial charge in [0.2, 0.25) is 5.91 Å². The maximum atomic E-state index is 11.8. The number of amides is 1. The van der Waals surface area contributed by atoms with Gasteiger partial charge >= 0.3 is 0 Å². The Morgan fingerprint density at radius 2 is 1.32 bits per heavy atom. The van der Waals surface area contributed by atoms with Gasteiger partial charge in [0.15, 0.2) is 5.78 Å². The molecule has 0 fully saturated rings.